The van der Waals surface area contributed by atoms with E-state index in [0.717, 1.165) is 16.9 Å². The first-order chi connectivity index (χ1) is 8.82. The number of aliphatic hydroxyl groups is 1. The molecule has 0 saturated heterocycles. The molecule has 0 aliphatic carbocycles. The zero-order chi connectivity index (χ0) is 14.5. The van der Waals surface area contributed by atoms with E-state index in [0.29, 0.717) is 13.0 Å². The molecule has 0 aliphatic rings. The van der Waals surface area contributed by atoms with E-state index in [4.69, 9.17) is 5.11 Å². The lowest BCUT2D eigenvalue weighted by atomic mass is 10.1. The zero-order valence-corrected chi connectivity index (χ0v) is 10.4. The van der Waals surface area contributed by atoms with Crippen LogP contribution in [0.2, 0.25) is 0 Å². The lowest BCUT2D eigenvalue weighted by molar-refractivity contribution is -0.141. The van der Waals surface area contributed by atoms with Gasteiger partial charge in [0, 0.05) is 19.3 Å². The Kier molecular flexibility index (Phi) is 5.34. The summed E-state index contributed by atoms with van der Waals surface area (Å²) < 4.78 is 37.8. The molecule has 1 atom stereocenters. The van der Waals surface area contributed by atoms with Gasteiger partial charge in [-0.15, -0.1) is 0 Å². The fourth-order valence-corrected chi connectivity index (χ4v) is 1.41. The van der Waals surface area contributed by atoms with Gasteiger partial charge in [-0.3, -0.25) is 9.48 Å². The lowest BCUT2D eigenvalue weighted by Gasteiger charge is -2.11. The normalized spacial score (nSPS) is 13.3. The molecule has 1 amide bonds. The minimum Gasteiger partial charge on any atom is -0.396 e. The molecule has 2 N–H and O–H groups in total. The number of halogens is 3. The molecule has 0 aliphatic heterocycles. The minimum absolute atomic E-state index is 0.0329. The Morgan fingerprint density at radius 1 is 1.58 bits per heavy atom. The van der Waals surface area contributed by atoms with Crippen LogP contribution >= 0.6 is 0 Å². The zero-order valence-electron chi connectivity index (χ0n) is 10.4. The van der Waals surface area contributed by atoms with Crippen molar-refractivity contribution in [2.24, 2.45) is 5.92 Å². The van der Waals surface area contributed by atoms with E-state index in [1.807, 2.05) is 6.92 Å². The maximum atomic E-state index is 12.3. The van der Waals surface area contributed by atoms with E-state index in [1.54, 1.807) is 0 Å². The summed E-state index contributed by atoms with van der Waals surface area (Å²) in [7, 11) is 0. The highest BCUT2D eigenvalue weighted by Gasteiger charge is 2.33. The molecular weight excluding hydrogens is 263 g/mol. The summed E-state index contributed by atoms with van der Waals surface area (Å²) in [6.45, 7) is 1.99. The molecule has 1 aromatic rings. The molecule has 0 saturated carbocycles. The second kappa shape index (κ2) is 6.55. The highest BCUT2D eigenvalue weighted by molar-refractivity contribution is 5.75. The predicted molar refractivity (Wildman–Crippen MR) is 61.1 cm³/mol. The molecule has 19 heavy (non-hydrogen) atoms. The van der Waals surface area contributed by atoms with Crippen molar-refractivity contribution in [1.29, 1.82) is 0 Å². The van der Waals surface area contributed by atoms with Crippen LogP contribution < -0.4 is 5.32 Å². The summed E-state index contributed by atoms with van der Waals surface area (Å²) in [4.78, 5) is 11.5. The number of rotatable bonds is 6. The first-order valence-electron chi connectivity index (χ1n) is 5.81. The maximum absolute atomic E-state index is 12.3. The molecule has 1 aromatic heterocycles. The monoisotopic (exact) mass is 279 g/mol. The molecule has 0 bridgehead atoms. The Morgan fingerprint density at radius 3 is 2.79 bits per heavy atom. The number of aliphatic hydroxyl groups excluding tert-OH is 1. The van der Waals surface area contributed by atoms with Crippen molar-refractivity contribution in [3.8, 4) is 0 Å². The average Bonchev–Trinajstić information content (AvgIpc) is 2.75. The lowest BCUT2D eigenvalue weighted by Crippen LogP contribution is -2.31. The molecule has 8 heteroatoms. The van der Waals surface area contributed by atoms with E-state index in [9.17, 15) is 18.0 Å². The summed E-state index contributed by atoms with van der Waals surface area (Å²) in [5.74, 6) is -0.307. The number of aromatic nitrogens is 2. The third-order valence-corrected chi connectivity index (χ3v) is 2.51. The van der Waals surface area contributed by atoms with Crippen molar-refractivity contribution in [2.45, 2.75) is 26.1 Å². The van der Waals surface area contributed by atoms with Crippen molar-refractivity contribution in [1.82, 2.24) is 15.1 Å². The summed E-state index contributed by atoms with van der Waals surface area (Å²) in [6.07, 6.45) is -2.84. The Morgan fingerprint density at radius 2 is 2.26 bits per heavy atom. The first-order valence-corrected chi connectivity index (χ1v) is 5.81. The van der Waals surface area contributed by atoms with Gasteiger partial charge in [-0.1, -0.05) is 6.92 Å². The predicted octanol–water partition coefficient (Wildman–Crippen LogP) is 1.04. The molecule has 5 nitrogen and oxygen atoms in total. The van der Waals surface area contributed by atoms with Gasteiger partial charge >= 0.3 is 6.18 Å². The largest absolute Gasteiger partial charge is 0.435 e. The van der Waals surface area contributed by atoms with Gasteiger partial charge in [-0.05, 0) is 18.4 Å². The second-order valence-corrected chi connectivity index (χ2v) is 4.32. The van der Waals surface area contributed by atoms with Crippen molar-refractivity contribution in [3.05, 3.63) is 18.0 Å². The Bertz CT molecular complexity index is 418. The van der Waals surface area contributed by atoms with Crippen molar-refractivity contribution in [3.63, 3.8) is 0 Å². The van der Waals surface area contributed by atoms with Gasteiger partial charge in [0.1, 0.15) is 6.54 Å². The van der Waals surface area contributed by atoms with Crippen molar-refractivity contribution >= 4 is 5.91 Å². The highest BCUT2D eigenvalue weighted by Crippen LogP contribution is 2.27. The van der Waals surface area contributed by atoms with Crippen LogP contribution in [0.25, 0.3) is 0 Å². The average molecular weight is 279 g/mol. The first kappa shape index (κ1) is 15.5. The molecule has 0 aromatic carbocycles. The summed E-state index contributed by atoms with van der Waals surface area (Å²) in [6, 6.07) is 0.821. The van der Waals surface area contributed by atoms with Crippen LogP contribution in [-0.4, -0.2) is 33.9 Å². The van der Waals surface area contributed by atoms with Gasteiger partial charge in [0.15, 0.2) is 5.69 Å². The molecule has 0 fully saturated rings. The fourth-order valence-electron chi connectivity index (χ4n) is 1.41. The SMILES string of the molecule is CC(CCO)CNC(=O)Cn1ccc(C(F)(F)F)n1. The minimum atomic E-state index is -4.50. The summed E-state index contributed by atoms with van der Waals surface area (Å²) in [5.41, 5.74) is -1.02. The van der Waals surface area contributed by atoms with Gasteiger partial charge in [0.05, 0.1) is 0 Å². The number of nitrogens with zero attached hydrogens (tertiary/aromatic N) is 2. The van der Waals surface area contributed by atoms with Crippen LogP contribution in [0.4, 0.5) is 13.2 Å². The smallest absolute Gasteiger partial charge is 0.396 e. The number of carbonyl (C=O) groups excluding carboxylic acids is 1. The highest BCUT2D eigenvalue weighted by atomic mass is 19.4. The van der Waals surface area contributed by atoms with Gasteiger partial charge in [-0.25, -0.2) is 0 Å². The third kappa shape index (κ3) is 5.29. The topological polar surface area (TPSA) is 67.2 Å². The molecule has 0 spiro atoms. The number of carbonyl (C=O) groups is 1. The second-order valence-electron chi connectivity index (χ2n) is 4.32. The van der Waals surface area contributed by atoms with E-state index < -0.39 is 17.8 Å². The van der Waals surface area contributed by atoms with E-state index in [2.05, 4.69) is 10.4 Å². The number of alkyl halides is 3. The van der Waals surface area contributed by atoms with Crippen molar-refractivity contribution < 1.29 is 23.1 Å². The van der Waals surface area contributed by atoms with Crippen LogP contribution in [0.5, 0.6) is 0 Å². The summed E-state index contributed by atoms with van der Waals surface area (Å²) in [5, 5.41) is 14.5. The Labute approximate surface area is 108 Å². The number of hydrogen-bond acceptors (Lipinski definition) is 3. The Hall–Kier alpha value is -1.57. The third-order valence-electron chi connectivity index (χ3n) is 2.51. The van der Waals surface area contributed by atoms with Gasteiger partial charge in [0.2, 0.25) is 5.91 Å². The molecular formula is C11H16F3N3O2. The van der Waals surface area contributed by atoms with Crippen LogP contribution in [0, 0.1) is 5.92 Å². The molecule has 0 radical (unpaired) electrons. The molecule has 1 rings (SSSR count). The van der Waals surface area contributed by atoms with Crippen LogP contribution in [-0.2, 0) is 17.5 Å². The van der Waals surface area contributed by atoms with E-state index in [1.165, 1.54) is 0 Å². The van der Waals surface area contributed by atoms with Crippen LogP contribution in [0.15, 0.2) is 12.3 Å². The van der Waals surface area contributed by atoms with Crippen LogP contribution in [0.1, 0.15) is 19.0 Å². The molecule has 1 unspecified atom stereocenters. The Balaban J connectivity index is 2.42. The summed E-state index contributed by atoms with van der Waals surface area (Å²) >= 11 is 0. The quantitative estimate of drug-likeness (QED) is 0.817. The molecule has 108 valence electrons. The number of amides is 1. The fraction of sp³-hybridized carbons (Fsp3) is 0.636. The van der Waals surface area contributed by atoms with E-state index >= 15 is 0 Å². The van der Waals surface area contributed by atoms with Crippen LogP contribution in [0.3, 0.4) is 0 Å². The van der Waals surface area contributed by atoms with Gasteiger partial charge in [0.25, 0.3) is 0 Å². The van der Waals surface area contributed by atoms with Gasteiger partial charge < -0.3 is 10.4 Å². The standard InChI is InChI=1S/C11H16F3N3O2/c1-8(3-5-18)6-15-10(19)7-17-4-2-9(16-17)11(12,13)14/h2,4,8,18H,3,5-7H2,1H3,(H,15,19). The molecule has 1 heterocycles. The maximum Gasteiger partial charge on any atom is 0.435 e. The van der Waals surface area contributed by atoms with E-state index in [-0.39, 0.29) is 19.1 Å². The van der Waals surface area contributed by atoms with Gasteiger partial charge in [-0.2, -0.15) is 18.3 Å². The number of hydrogen-bond donors (Lipinski definition) is 2. The van der Waals surface area contributed by atoms with Crippen molar-refractivity contribution in [2.75, 3.05) is 13.2 Å². The number of nitrogens with one attached hydrogen (secondary N) is 1.